The fourth-order valence-electron chi connectivity index (χ4n) is 2.93. The molecule has 0 fully saturated rings. The van der Waals surface area contributed by atoms with Gasteiger partial charge in [-0.3, -0.25) is 4.79 Å². The number of benzene rings is 2. The van der Waals surface area contributed by atoms with Crippen LogP contribution in [0, 0.1) is 18.3 Å². The molecule has 1 heterocycles. The van der Waals surface area contributed by atoms with Crippen molar-refractivity contribution in [1.29, 1.82) is 5.26 Å². The second kappa shape index (κ2) is 9.16. The molecule has 0 aliphatic rings. The third-order valence-corrected chi connectivity index (χ3v) is 5.96. The second-order valence-corrected chi connectivity index (χ2v) is 9.72. The molecule has 3 rings (SSSR count). The lowest BCUT2D eigenvalue weighted by atomic mass is 10.1. The number of phenols is 1. The smallest absolute Gasteiger partial charge is 0.284 e. The minimum absolute atomic E-state index is 0.0339. The van der Waals surface area contributed by atoms with Gasteiger partial charge in [0.05, 0.1) is 17.9 Å². The monoisotopic (exact) mass is 456 g/mol. The van der Waals surface area contributed by atoms with E-state index in [0.717, 1.165) is 17.5 Å². The maximum Gasteiger partial charge on any atom is 0.284 e. The van der Waals surface area contributed by atoms with Gasteiger partial charge in [-0.25, -0.2) is 18.1 Å². The van der Waals surface area contributed by atoms with Gasteiger partial charge in [0, 0.05) is 17.1 Å². The average molecular weight is 457 g/mol. The van der Waals surface area contributed by atoms with Gasteiger partial charge in [-0.1, -0.05) is 18.2 Å². The van der Waals surface area contributed by atoms with Crippen LogP contribution in [0.1, 0.15) is 26.5 Å². The Balaban J connectivity index is 1.96. The van der Waals surface area contributed by atoms with E-state index in [9.17, 15) is 18.3 Å². The fraction of sp³-hybridized carbons (Fsp3) is 0.190. The van der Waals surface area contributed by atoms with Crippen LogP contribution >= 0.6 is 11.3 Å². The molecule has 0 atom stereocenters. The molecule has 0 aliphatic carbocycles. The number of nitrogens with one attached hydrogen (secondary N) is 1. The van der Waals surface area contributed by atoms with E-state index in [4.69, 9.17) is 5.26 Å². The number of phenolic OH excluding ortho intramolecular Hbond substituents is 1. The number of carbonyl (C=O) groups excluding carboxylic acids is 1. The summed E-state index contributed by atoms with van der Waals surface area (Å²) < 4.78 is 24.8. The molecule has 0 bridgehead atoms. The first-order chi connectivity index (χ1) is 14.7. The minimum Gasteiger partial charge on any atom is -0.508 e. The van der Waals surface area contributed by atoms with E-state index in [1.54, 1.807) is 43.3 Å². The van der Waals surface area contributed by atoms with E-state index in [1.165, 1.54) is 11.3 Å². The fourth-order valence-corrected chi connectivity index (χ4v) is 4.32. The van der Waals surface area contributed by atoms with Gasteiger partial charge in [0.15, 0.2) is 5.13 Å². The highest BCUT2D eigenvalue weighted by Gasteiger charge is 2.22. The Bertz CT molecular complexity index is 1250. The molecule has 0 spiro atoms. The molecule has 2 aromatic carbocycles. The number of nitriles is 1. The van der Waals surface area contributed by atoms with Crippen molar-refractivity contribution in [2.75, 3.05) is 17.7 Å². The summed E-state index contributed by atoms with van der Waals surface area (Å²) in [6, 6.07) is 16.0. The number of aromatic hydroxyl groups is 1. The van der Waals surface area contributed by atoms with Crippen LogP contribution in [0.4, 0.5) is 10.8 Å². The molecular formula is C21H20N4O4S2. The van der Waals surface area contributed by atoms with Crippen molar-refractivity contribution < 1.29 is 18.3 Å². The number of nitrogens with zero attached hydrogens (tertiary/aromatic N) is 3. The Hall–Kier alpha value is -3.42. The Morgan fingerprint density at radius 1 is 1.23 bits per heavy atom. The normalized spacial score (nSPS) is 11.0. The first-order valence-corrected chi connectivity index (χ1v) is 11.9. The van der Waals surface area contributed by atoms with Crippen molar-refractivity contribution >= 4 is 38.1 Å². The van der Waals surface area contributed by atoms with Crippen LogP contribution < -0.4 is 9.62 Å². The molecule has 8 nitrogen and oxygen atoms in total. The third kappa shape index (κ3) is 5.59. The van der Waals surface area contributed by atoms with E-state index in [1.807, 2.05) is 21.8 Å². The number of rotatable bonds is 7. The molecule has 0 saturated carbocycles. The van der Waals surface area contributed by atoms with E-state index in [0.29, 0.717) is 28.5 Å². The van der Waals surface area contributed by atoms with Crippen LogP contribution in [0.3, 0.4) is 0 Å². The van der Waals surface area contributed by atoms with Crippen molar-refractivity contribution in [2.24, 2.45) is 0 Å². The van der Waals surface area contributed by atoms with Gasteiger partial charge in [0.2, 0.25) is 10.0 Å². The summed E-state index contributed by atoms with van der Waals surface area (Å²) in [4.78, 5) is 19.1. The highest BCUT2D eigenvalue weighted by Crippen LogP contribution is 2.32. The van der Waals surface area contributed by atoms with Gasteiger partial charge in [-0.2, -0.15) is 5.26 Å². The SMILES string of the molecule is Cc1sc(N(CCc2ccccc2O)c2ccc(C#N)cc2)nc1C(=O)NS(C)(=O)=O. The molecule has 1 amide bonds. The topological polar surface area (TPSA) is 123 Å². The van der Waals surface area contributed by atoms with E-state index in [-0.39, 0.29) is 11.4 Å². The molecule has 0 saturated heterocycles. The van der Waals surface area contributed by atoms with Crippen molar-refractivity contribution in [3.05, 3.63) is 70.2 Å². The second-order valence-electron chi connectivity index (χ2n) is 6.79. The summed E-state index contributed by atoms with van der Waals surface area (Å²) in [5.41, 5.74) is 2.04. The van der Waals surface area contributed by atoms with Crippen LogP contribution in [-0.4, -0.2) is 37.2 Å². The number of para-hydroxylation sites is 1. The number of carbonyl (C=O) groups is 1. The lowest BCUT2D eigenvalue weighted by molar-refractivity contribution is 0.0977. The number of amides is 1. The van der Waals surface area contributed by atoms with Gasteiger partial charge in [-0.15, -0.1) is 11.3 Å². The molecule has 10 heteroatoms. The number of aromatic nitrogens is 1. The predicted octanol–water partition coefficient (Wildman–Crippen LogP) is 3.10. The van der Waals surface area contributed by atoms with E-state index < -0.39 is 15.9 Å². The number of sulfonamides is 1. The van der Waals surface area contributed by atoms with E-state index >= 15 is 0 Å². The number of thiazole rings is 1. The molecule has 0 radical (unpaired) electrons. The molecular weight excluding hydrogens is 436 g/mol. The Labute approximate surface area is 184 Å². The molecule has 0 unspecified atom stereocenters. The molecule has 3 aromatic rings. The maximum atomic E-state index is 12.3. The predicted molar refractivity (Wildman–Crippen MR) is 119 cm³/mol. The lowest BCUT2D eigenvalue weighted by Gasteiger charge is -2.22. The molecule has 2 N–H and O–H groups in total. The van der Waals surface area contributed by atoms with Crippen LogP contribution in [0.2, 0.25) is 0 Å². The zero-order chi connectivity index (χ0) is 22.6. The van der Waals surface area contributed by atoms with Crippen molar-refractivity contribution in [2.45, 2.75) is 13.3 Å². The van der Waals surface area contributed by atoms with Crippen molar-refractivity contribution in [3.8, 4) is 11.8 Å². The third-order valence-electron chi connectivity index (χ3n) is 4.41. The maximum absolute atomic E-state index is 12.3. The standard InChI is InChI=1S/C21H20N4O4S2/c1-14-19(20(27)24-31(2,28)29)23-21(30-14)25(17-9-7-15(13-22)8-10-17)12-11-16-5-3-4-6-18(16)26/h3-10,26H,11-12H2,1-2H3,(H,24,27). The first kappa shape index (κ1) is 22.3. The first-order valence-electron chi connectivity index (χ1n) is 9.22. The van der Waals surface area contributed by atoms with Crippen LogP contribution in [0.15, 0.2) is 48.5 Å². The van der Waals surface area contributed by atoms with Gasteiger partial charge in [0.1, 0.15) is 11.4 Å². The number of aryl methyl sites for hydroxylation is 1. The van der Waals surface area contributed by atoms with Crippen molar-refractivity contribution in [3.63, 3.8) is 0 Å². The van der Waals surface area contributed by atoms with Gasteiger partial charge in [0.25, 0.3) is 5.91 Å². The summed E-state index contributed by atoms with van der Waals surface area (Å²) in [6.07, 6.45) is 1.40. The Morgan fingerprint density at radius 2 is 1.90 bits per heavy atom. The van der Waals surface area contributed by atoms with E-state index in [2.05, 4.69) is 11.1 Å². The number of hydrogen-bond donors (Lipinski definition) is 2. The van der Waals surface area contributed by atoms with Gasteiger partial charge >= 0.3 is 0 Å². The lowest BCUT2D eigenvalue weighted by Crippen LogP contribution is -2.30. The highest BCUT2D eigenvalue weighted by atomic mass is 32.2. The molecule has 160 valence electrons. The number of anilines is 2. The largest absolute Gasteiger partial charge is 0.508 e. The average Bonchev–Trinajstić information content (AvgIpc) is 3.10. The molecule has 0 aliphatic heterocycles. The molecule has 1 aromatic heterocycles. The summed E-state index contributed by atoms with van der Waals surface area (Å²) in [7, 11) is -3.72. The van der Waals surface area contributed by atoms with Crippen molar-refractivity contribution in [1.82, 2.24) is 9.71 Å². The van der Waals surface area contributed by atoms with Crippen LogP contribution in [0.25, 0.3) is 0 Å². The van der Waals surface area contributed by atoms with Crippen LogP contribution in [-0.2, 0) is 16.4 Å². The van der Waals surface area contributed by atoms with Gasteiger partial charge in [-0.05, 0) is 49.2 Å². The summed E-state index contributed by atoms with van der Waals surface area (Å²) >= 11 is 1.25. The zero-order valence-corrected chi connectivity index (χ0v) is 18.5. The Morgan fingerprint density at radius 3 is 2.52 bits per heavy atom. The highest BCUT2D eigenvalue weighted by molar-refractivity contribution is 7.89. The number of hydrogen-bond acceptors (Lipinski definition) is 8. The molecule has 31 heavy (non-hydrogen) atoms. The van der Waals surface area contributed by atoms with Crippen LogP contribution in [0.5, 0.6) is 5.75 Å². The summed E-state index contributed by atoms with van der Waals surface area (Å²) in [6.45, 7) is 2.13. The zero-order valence-electron chi connectivity index (χ0n) is 16.9. The summed E-state index contributed by atoms with van der Waals surface area (Å²) in [5.74, 6) is -0.603. The van der Waals surface area contributed by atoms with Gasteiger partial charge < -0.3 is 10.0 Å². The quantitative estimate of drug-likeness (QED) is 0.560. The summed E-state index contributed by atoms with van der Waals surface area (Å²) in [5, 5.41) is 19.6. The minimum atomic E-state index is -3.72. The Kier molecular flexibility index (Phi) is 6.58.